The minimum atomic E-state index is -2.43. The molecule has 1 aliphatic carbocycles. The van der Waals surface area contributed by atoms with E-state index in [1.165, 1.54) is 13.0 Å². The molecule has 3 fully saturated rings. The Morgan fingerprint density at radius 1 is 0.890 bits per heavy atom. The lowest BCUT2D eigenvalue weighted by Crippen LogP contribution is -2.58. The van der Waals surface area contributed by atoms with Crippen LogP contribution in [0.15, 0.2) is 77.0 Å². The van der Waals surface area contributed by atoms with Gasteiger partial charge in [-0.3, -0.25) is 19.2 Å². The first-order chi connectivity index (χ1) is 34.8. The van der Waals surface area contributed by atoms with E-state index >= 15 is 0 Å². The molecule has 0 aromatic heterocycles. The molecule has 0 spiro atoms. The van der Waals surface area contributed by atoms with Gasteiger partial charge in [0.2, 0.25) is 5.79 Å². The number of hydrogen-bond donors (Lipinski definition) is 4. The molecule has 1 aromatic carbocycles. The lowest BCUT2D eigenvalue weighted by Gasteiger charge is -2.40. The normalized spacial score (nSPS) is 36.0. The molecule has 3 heterocycles. The fraction of sp³-hybridized carbons (Fsp3) is 0.655. The zero-order valence-corrected chi connectivity index (χ0v) is 43.7. The van der Waals surface area contributed by atoms with Crippen molar-refractivity contribution in [2.24, 2.45) is 34.5 Å². The average molecular weight is 1020 g/mol. The summed E-state index contributed by atoms with van der Waals surface area (Å²) in [4.78, 5) is 74.2. The van der Waals surface area contributed by atoms with Crippen molar-refractivity contribution in [3.8, 4) is 0 Å². The quantitative estimate of drug-likeness (QED) is 0.0478. The number of cyclic esters (lactones) is 1. The second-order valence-electron chi connectivity index (χ2n) is 20.7. The number of amides is 1. The Balaban J connectivity index is 1.40. The Labute approximate surface area is 430 Å². The molecule has 14 atom stereocenters. The maximum atomic E-state index is 14.4. The number of methoxy groups -OCH3 is 2. The molecule has 5 rings (SSSR count). The van der Waals surface area contributed by atoms with Crippen molar-refractivity contribution in [2.45, 2.75) is 185 Å². The number of nitrogens with zero attached hydrogens (tertiary/aromatic N) is 4. The van der Waals surface area contributed by atoms with Gasteiger partial charge in [-0.05, 0) is 112 Å². The molecule has 5 N–H and O–H groups in total. The number of rotatable bonds is 9. The third-order valence-electron chi connectivity index (χ3n) is 15.0. The summed E-state index contributed by atoms with van der Waals surface area (Å²) in [6.45, 7) is 9.02. The predicted octanol–water partition coefficient (Wildman–Crippen LogP) is 7.14. The second-order valence-corrected chi connectivity index (χ2v) is 20.7. The standard InChI is InChI=1S/C55H79N5O13/c1-33-14-9-8-10-15-34(2)46(69-6)30-41-16-13-24-55(68,73-41)52(65)53(66)60-25-12-11-17-43(60)54(67)72-47(31-44(61)35(3)27-37(5)50(63)51(64)49(62)36(4)26-33)42(56)28-39-20-23-45(48(29-39)70-7)71-32-38-18-21-40(22-19-38)58-59-57/h8-10,14-15,18-19,21-22,27,33,35-36,39,41-43,45-48,50-51,63-64,68H,11-13,16-17,20,23-26,28-32,56H2,1-7H3/b10-8+,14-9+,34-15+,37-27+/t33-,35-,36-,39+,41+,42-,43+,45-,46+,47+,48-,50-,51+,55-/m1/s1. The van der Waals surface area contributed by atoms with Crippen LogP contribution in [0.3, 0.4) is 0 Å². The Morgan fingerprint density at radius 3 is 2.33 bits per heavy atom. The number of aliphatic hydroxyl groups is 3. The fourth-order valence-corrected chi connectivity index (χ4v) is 10.6. The summed E-state index contributed by atoms with van der Waals surface area (Å²) >= 11 is 0. The number of carbonyl (C=O) groups excluding carboxylic acids is 5. The van der Waals surface area contributed by atoms with E-state index in [0.29, 0.717) is 76.5 Å². The summed E-state index contributed by atoms with van der Waals surface area (Å²) in [5.41, 5.74) is 18.1. The van der Waals surface area contributed by atoms with Crippen LogP contribution >= 0.6 is 0 Å². The first-order valence-corrected chi connectivity index (χ1v) is 25.9. The van der Waals surface area contributed by atoms with Crippen molar-refractivity contribution < 1.29 is 63.0 Å². The molecule has 18 nitrogen and oxygen atoms in total. The lowest BCUT2D eigenvalue weighted by atomic mass is 9.80. The van der Waals surface area contributed by atoms with Crippen LogP contribution in [-0.4, -0.2) is 131 Å². The lowest BCUT2D eigenvalue weighted by molar-refractivity contribution is -0.245. The third-order valence-corrected chi connectivity index (χ3v) is 15.0. The van der Waals surface area contributed by atoms with Crippen molar-refractivity contribution >= 4 is 34.9 Å². The van der Waals surface area contributed by atoms with E-state index in [0.717, 1.165) is 16.0 Å². The number of ketones is 3. The summed E-state index contributed by atoms with van der Waals surface area (Å²) in [5.74, 6) is -8.01. The number of piperidine rings is 1. The third kappa shape index (κ3) is 16.6. The van der Waals surface area contributed by atoms with Gasteiger partial charge in [0.25, 0.3) is 11.7 Å². The van der Waals surface area contributed by atoms with Crippen molar-refractivity contribution in [1.29, 1.82) is 0 Å². The van der Waals surface area contributed by atoms with E-state index in [2.05, 4.69) is 10.0 Å². The number of nitrogens with two attached hydrogens (primary N) is 1. The van der Waals surface area contributed by atoms with Gasteiger partial charge >= 0.3 is 5.97 Å². The van der Waals surface area contributed by atoms with Crippen LogP contribution in [0.1, 0.15) is 124 Å². The van der Waals surface area contributed by atoms with Gasteiger partial charge in [-0.25, -0.2) is 4.79 Å². The van der Waals surface area contributed by atoms with Gasteiger partial charge in [0.05, 0.1) is 31.0 Å². The van der Waals surface area contributed by atoms with Crippen LogP contribution in [0.25, 0.3) is 10.4 Å². The van der Waals surface area contributed by atoms with E-state index in [1.54, 1.807) is 40.2 Å². The predicted molar refractivity (Wildman–Crippen MR) is 272 cm³/mol. The number of aliphatic hydroxyl groups excluding tert-OH is 2. The van der Waals surface area contributed by atoms with E-state index in [1.807, 2.05) is 56.4 Å². The fourth-order valence-electron chi connectivity index (χ4n) is 10.6. The molecule has 18 heteroatoms. The monoisotopic (exact) mass is 1020 g/mol. The molecule has 4 aliphatic rings. The Hall–Kier alpha value is -4.88. The van der Waals surface area contributed by atoms with Gasteiger partial charge in [0, 0.05) is 68.5 Å². The first-order valence-electron chi connectivity index (χ1n) is 25.9. The number of carbonyl (C=O) groups is 5. The van der Waals surface area contributed by atoms with Crippen molar-refractivity contribution in [3.63, 3.8) is 0 Å². The van der Waals surface area contributed by atoms with Gasteiger partial charge in [-0.15, -0.1) is 0 Å². The molecule has 0 radical (unpaired) electrons. The van der Waals surface area contributed by atoms with Crippen LogP contribution in [0, 0.1) is 23.7 Å². The van der Waals surface area contributed by atoms with Crippen LogP contribution < -0.4 is 5.73 Å². The van der Waals surface area contributed by atoms with Crippen molar-refractivity contribution in [1.82, 2.24) is 4.90 Å². The molecule has 1 saturated carbocycles. The van der Waals surface area contributed by atoms with Gasteiger partial charge < -0.3 is 49.6 Å². The molecular formula is C55H79N5O13. The molecule has 402 valence electrons. The Bertz CT molecular complexity index is 2220. The van der Waals surface area contributed by atoms with E-state index < -0.39 is 89.5 Å². The number of benzene rings is 1. The van der Waals surface area contributed by atoms with E-state index in [-0.39, 0.29) is 55.4 Å². The van der Waals surface area contributed by atoms with Crippen LogP contribution in [0.2, 0.25) is 0 Å². The van der Waals surface area contributed by atoms with E-state index in [9.17, 15) is 39.3 Å². The highest BCUT2D eigenvalue weighted by molar-refractivity contribution is 6.39. The largest absolute Gasteiger partial charge is 0.459 e. The minimum absolute atomic E-state index is 0.0251. The van der Waals surface area contributed by atoms with Gasteiger partial charge in [0.1, 0.15) is 30.1 Å². The minimum Gasteiger partial charge on any atom is -0.459 e. The van der Waals surface area contributed by atoms with Crippen LogP contribution in [-0.2, 0) is 54.3 Å². The smallest absolute Gasteiger partial charge is 0.329 e. The number of allylic oxidation sites excluding steroid dienone is 6. The molecule has 1 aromatic rings. The van der Waals surface area contributed by atoms with Crippen LogP contribution in [0.5, 0.6) is 0 Å². The summed E-state index contributed by atoms with van der Waals surface area (Å²) in [6, 6.07) is 4.98. The molecule has 2 bridgehead atoms. The Morgan fingerprint density at radius 2 is 1.63 bits per heavy atom. The van der Waals surface area contributed by atoms with Gasteiger partial charge in [-0.1, -0.05) is 86.6 Å². The summed E-state index contributed by atoms with van der Waals surface area (Å²) in [7, 11) is 3.16. The summed E-state index contributed by atoms with van der Waals surface area (Å²) in [6.07, 6.45) is 9.24. The van der Waals surface area contributed by atoms with Crippen LogP contribution in [0.4, 0.5) is 5.69 Å². The van der Waals surface area contributed by atoms with Crippen molar-refractivity contribution in [3.05, 3.63) is 87.9 Å². The average Bonchev–Trinajstić information content (AvgIpc) is 3.38. The maximum Gasteiger partial charge on any atom is 0.329 e. The van der Waals surface area contributed by atoms with Gasteiger partial charge in [-0.2, -0.15) is 0 Å². The number of esters is 1. The van der Waals surface area contributed by atoms with E-state index in [4.69, 9.17) is 34.9 Å². The summed E-state index contributed by atoms with van der Waals surface area (Å²) < 4.78 is 30.2. The molecule has 73 heavy (non-hydrogen) atoms. The molecule has 3 aliphatic heterocycles. The highest BCUT2D eigenvalue weighted by Crippen LogP contribution is 2.35. The number of azide groups is 1. The molecule has 2 saturated heterocycles. The summed E-state index contributed by atoms with van der Waals surface area (Å²) in [5, 5.41) is 37.6. The zero-order chi connectivity index (χ0) is 53.4. The van der Waals surface area contributed by atoms with Gasteiger partial charge in [0.15, 0.2) is 5.78 Å². The van der Waals surface area contributed by atoms with Crippen molar-refractivity contribution in [2.75, 3.05) is 20.8 Å². The first kappa shape index (κ1) is 59.0. The number of hydrogen-bond acceptors (Lipinski definition) is 15. The number of Topliss-reactive ketones (excluding diaryl/α,β-unsaturated/α-hetero) is 3. The second kappa shape index (κ2) is 28.1. The highest BCUT2D eigenvalue weighted by Gasteiger charge is 2.49. The SMILES string of the molecule is CO[C@H]1C[C@@H]2CCC[C@@](O)(O2)C(=O)C(=O)N2CCCC[C@H]2C(=O)O[C@H]([C@H](N)C[C@@H]2CC[C@@H](OCc3ccc(N=[N+]=[N-])cc3)[C@H](OC)C2)CC(=O)[C@H](C)/C=C(\C)[C@@H](O)[C@@H](O)C(=O)[C@H](C)C[C@H](C)/C=C/C=C/C=C/1C. The highest BCUT2D eigenvalue weighted by atomic mass is 16.6. The number of fused-ring (bicyclic) bond motifs is 3. The topological polar surface area (TPSA) is 270 Å². The zero-order valence-electron chi connectivity index (χ0n) is 43.7. The maximum absolute atomic E-state index is 14.4. The Kier molecular flexibility index (Phi) is 22.7. The molecular weight excluding hydrogens is 939 g/mol. The number of ether oxygens (including phenoxy) is 5. The molecule has 1 amide bonds. The molecule has 0 unspecified atom stereocenters.